The van der Waals surface area contributed by atoms with Gasteiger partial charge in [-0.25, -0.2) is 4.99 Å². The number of aliphatic imine (C=N–C) groups is 1. The molecule has 0 aromatic heterocycles. The van der Waals surface area contributed by atoms with Crippen molar-refractivity contribution < 1.29 is 9.47 Å². The van der Waals surface area contributed by atoms with Crippen molar-refractivity contribution >= 4 is 5.96 Å². The number of likely N-dealkylation sites (N-methyl/N-ethyl adjacent to an activating group) is 1. The van der Waals surface area contributed by atoms with Crippen LogP contribution in [0.3, 0.4) is 0 Å². The van der Waals surface area contributed by atoms with Crippen LogP contribution in [0.1, 0.15) is 33.3 Å². The molecule has 1 aromatic carbocycles. The molecule has 0 radical (unpaired) electrons. The van der Waals surface area contributed by atoms with Crippen LogP contribution in [0.25, 0.3) is 0 Å². The van der Waals surface area contributed by atoms with Crippen LogP contribution in [-0.4, -0.2) is 57.3 Å². The van der Waals surface area contributed by atoms with E-state index in [1.165, 1.54) is 0 Å². The fourth-order valence-electron chi connectivity index (χ4n) is 2.71. The van der Waals surface area contributed by atoms with Crippen LogP contribution in [0.2, 0.25) is 0 Å². The second-order valence-electron chi connectivity index (χ2n) is 5.84. The number of hydrogen-bond donors (Lipinski definition) is 2. The second kappa shape index (κ2) is 11.6. The van der Waals surface area contributed by atoms with Crippen LogP contribution in [0, 0.1) is 0 Å². The van der Waals surface area contributed by atoms with E-state index >= 15 is 0 Å². The molecule has 0 fully saturated rings. The Morgan fingerprint density at radius 1 is 1.08 bits per heavy atom. The maximum absolute atomic E-state index is 5.35. The highest BCUT2D eigenvalue weighted by Crippen LogP contribution is 2.27. The highest BCUT2D eigenvalue weighted by molar-refractivity contribution is 5.79. The summed E-state index contributed by atoms with van der Waals surface area (Å²) in [7, 11) is 3.28. The third-order valence-electron chi connectivity index (χ3n) is 4.21. The van der Waals surface area contributed by atoms with Gasteiger partial charge in [-0.3, -0.25) is 4.90 Å². The molecule has 0 spiro atoms. The third kappa shape index (κ3) is 6.82. The summed E-state index contributed by atoms with van der Waals surface area (Å²) in [6.07, 6.45) is 0. The molecule has 2 N–H and O–H groups in total. The van der Waals surface area contributed by atoms with Gasteiger partial charge >= 0.3 is 0 Å². The molecule has 0 aliphatic rings. The van der Waals surface area contributed by atoms with Crippen molar-refractivity contribution in [2.75, 3.05) is 40.4 Å². The summed E-state index contributed by atoms with van der Waals surface area (Å²) in [6.45, 7) is 13.1. The zero-order valence-electron chi connectivity index (χ0n) is 16.6. The molecular formula is C19H34N4O2. The van der Waals surface area contributed by atoms with Gasteiger partial charge in [0.15, 0.2) is 17.5 Å². The molecule has 1 aromatic rings. The molecule has 0 bridgehead atoms. The Morgan fingerprint density at radius 3 is 2.32 bits per heavy atom. The molecule has 0 heterocycles. The van der Waals surface area contributed by atoms with Gasteiger partial charge in [0.1, 0.15) is 0 Å². The van der Waals surface area contributed by atoms with E-state index in [2.05, 4.69) is 48.2 Å². The highest BCUT2D eigenvalue weighted by atomic mass is 16.5. The Balaban J connectivity index is 2.72. The molecule has 0 aliphatic carbocycles. The van der Waals surface area contributed by atoms with Crippen molar-refractivity contribution in [1.29, 1.82) is 0 Å². The first-order valence-corrected chi connectivity index (χ1v) is 9.06. The summed E-state index contributed by atoms with van der Waals surface area (Å²) in [5.41, 5.74) is 1.08. The normalized spacial score (nSPS) is 12.8. The molecule has 0 saturated heterocycles. The van der Waals surface area contributed by atoms with Crippen LogP contribution in [0.15, 0.2) is 23.2 Å². The number of hydrogen-bond acceptors (Lipinski definition) is 4. The lowest BCUT2D eigenvalue weighted by molar-refractivity contribution is 0.231. The van der Waals surface area contributed by atoms with Gasteiger partial charge < -0.3 is 20.1 Å². The smallest absolute Gasteiger partial charge is 0.191 e. The van der Waals surface area contributed by atoms with E-state index in [-0.39, 0.29) is 0 Å². The predicted octanol–water partition coefficient (Wildman–Crippen LogP) is 2.49. The Morgan fingerprint density at radius 2 is 1.76 bits per heavy atom. The number of nitrogens with zero attached hydrogens (tertiary/aromatic N) is 2. The number of guanidine groups is 1. The summed E-state index contributed by atoms with van der Waals surface area (Å²) in [4.78, 5) is 7.10. The SMILES string of the molecule is CCNC(=NCc1ccc(OC)c(OC)c1)NCC(C)N(CC)CC. The molecule has 142 valence electrons. The molecule has 0 aliphatic heterocycles. The van der Waals surface area contributed by atoms with Crippen molar-refractivity contribution in [3.8, 4) is 11.5 Å². The van der Waals surface area contributed by atoms with Crippen molar-refractivity contribution in [2.24, 2.45) is 4.99 Å². The molecule has 0 saturated carbocycles. The van der Waals surface area contributed by atoms with Crippen LogP contribution < -0.4 is 20.1 Å². The average Bonchev–Trinajstić information content (AvgIpc) is 2.64. The van der Waals surface area contributed by atoms with E-state index in [0.717, 1.165) is 49.2 Å². The molecule has 1 unspecified atom stereocenters. The summed E-state index contributed by atoms with van der Waals surface area (Å²) in [5, 5.41) is 6.73. The topological polar surface area (TPSA) is 58.1 Å². The van der Waals surface area contributed by atoms with Gasteiger partial charge in [0.05, 0.1) is 20.8 Å². The maximum atomic E-state index is 5.35. The zero-order chi connectivity index (χ0) is 18.7. The number of methoxy groups -OCH3 is 2. The minimum Gasteiger partial charge on any atom is -0.493 e. The van der Waals surface area contributed by atoms with Crippen molar-refractivity contribution in [3.05, 3.63) is 23.8 Å². The van der Waals surface area contributed by atoms with Gasteiger partial charge in [-0.2, -0.15) is 0 Å². The van der Waals surface area contributed by atoms with Gasteiger partial charge in [0.2, 0.25) is 0 Å². The molecular weight excluding hydrogens is 316 g/mol. The van der Waals surface area contributed by atoms with Crippen LogP contribution in [-0.2, 0) is 6.54 Å². The average molecular weight is 351 g/mol. The van der Waals surface area contributed by atoms with Gasteiger partial charge in [-0.05, 0) is 44.6 Å². The Labute approximate surface area is 152 Å². The molecule has 6 heteroatoms. The van der Waals surface area contributed by atoms with Crippen molar-refractivity contribution in [3.63, 3.8) is 0 Å². The molecule has 6 nitrogen and oxygen atoms in total. The largest absolute Gasteiger partial charge is 0.493 e. The first-order chi connectivity index (χ1) is 12.1. The Bertz CT molecular complexity index is 530. The standard InChI is InChI=1S/C19H34N4O2/c1-7-20-19(21-13-15(4)23(8-2)9-3)22-14-16-10-11-17(24-5)18(12-16)25-6/h10-12,15H,7-9,13-14H2,1-6H3,(H2,20,21,22). The number of nitrogens with one attached hydrogen (secondary N) is 2. The van der Waals surface area contributed by atoms with Gasteiger partial charge in [-0.1, -0.05) is 19.9 Å². The number of rotatable bonds is 10. The summed E-state index contributed by atoms with van der Waals surface area (Å²) >= 11 is 0. The lowest BCUT2D eigenvalue weighted by atomic mass is 10.2. The summed E-state index contributed by atoms with van der Waals surface area (Å²) < 4.78 is 10.6. The molecule has 1 rings (SSSR count). The minimum atomic E-state index is 0.458. The third-order valence-corrected chi connectivity index (χ3v) is 4.21. The highest BCUT2D eigenvalue weighted by Gasteiger charge is 2.10. The lowest BCUT2D eigenvalue weighted by Crippen LogP contribution is -2.45. The summed E-state index contributed by atoms with van der Waals surface area (Å²) in [5.74, 6) is 2.29. The maximum Gasteiger partial charge on any atom is 0.191 e. The monoisotopic (exact) mass is 350 g/mol. The van der Waals surface area contributed by atoms with Gasteiger partial charge in [0.25, 0.3) is 0 Å². The van der Waals surface area contributed by atoms with Crippen molar-refractivity contribution in [1.82, 2.24) is 15.5 Å². The number of ether oxygens (including phenoxy) is 2. The van der Waals surface area contributed by atoms with E-state index in [0.29, 0.717) is 12.6 Å². The first kappa shape index (κ1) is 21.1. The van der Waals surface area contributed by atoms with Gasteiger partial charge in [-0.15, -0.1) is 0 Å². The molecule has 1 atom stereocenters. The van der Waals surface area contributed by atoms with Crippen molar-refractivity contribution in [2.45, 2.75) is 40.3 Å². The van der Waals surface area contributed by atoms with E-state index in [4.69, 9.17) is 9.47 Å². The summed E-state index contributed by atoms with van der Waals surface area (Å²) in [6, 6.07) is 6.34. The minimum absolute atomic E-state index is 0.458. The molecule has 25 heavy (non-hydrogen) atoms. The zero-order valence-corrected chi connectivity index (χ0v) is 16.6. The van der Waals surface area contributed by atoms with Gasteiger partial charge in [0, 0.05) is 19.1 Å². The van der Waals surface area contributed by atoms with E-state index in [9.17, 15) is 0 Å². The first-order valence-electron chi connectivity index (χ1n) is 9.06. The van der Waals surface area contributed by atoms with E-state index in [1.807, 2.05) is 18.2 Å². The van der Waals surface area contributed by atoms with Crippen LogP contribution >= 0.6 is 0 Å². The van der Waals surface area contributed by atoms with E-state index in [1.54, 1.807) is 14.2 Å². The Hall–Kier alpha value is -1.95. The number of benzene rings is 1. The quantitative estimate of drug-likeness (QED) is 0.501. The molecule has 0 amide bonds. The fourth-order valence-corrected chi connectivity index (χ4v) is 2.71. The van der Waals surface area contributed by atoms with Crippen LogP contribution in [0.4, 0.5) is 0 Å². The fraction of sp³-hybridized carbons (Fsp3) is 0.632. The van der Waals surface area contributed by atoms with Crippen LogP contribution in [0.5, 0.6) is 11.5 Å². The lowest BCUT2D eigenvalue weighted by Gasteiger charge is -2.27. The Kier molecular flexibility index (Phi) is 9.77. The second-order valence-corrected chi connectivity index (χ2v) is 5.84. The predicted molar refractivity (Wildman–Crippen MR) is 105 cm³/mol. The van der Waals surface area contributed by atoms with E-state index < -0.39 is 0 Å².